The Labute approximate surface area is 120 Å². The Morgan fingerprint density at radius 3 is 2.74 bits per heavy atom. The van der Waals surface area contributed by atoms with Crippen molar-refractivity contribution in [2.24, 2.45) is 0 Å². The van der Waals surface area contributed by atoms with Gasteiger partial charge in [0.15, 0.2) is 0 Å². The van der Waals surface area contributed by atoms with Crippen LogP contribution in [0.1, 0.15) is 35.7 Å². The molecule has 1 atom stereocenters. The van der Waals surface area contributed by atoms with Crippen LogP contribution in [0.4, 0.5) is 5.69 Å². The molecule has 0 aliphatic carbocycles. The average Bonchev–Trinajstić information content (AvgIpc) is 2.33. The summed E-state index contributed by atoms with van der Waals surface area (Å²) >= 11 is 3.44. The predicted octanol–water partition coefficient (Wildman–Crippen LogP) is 3.20. The van der Waals surface area contributed by atoms with Crippen LogP contribution >= 0.6 is 15.9 Å². The first-order valence-corrected chi connectivity index (χ1v) is 7.00. The van der Waals surface area contributed by atoms with Crippen LogP contribution in [0, 0.1) is 17.0 Å². The molecule has 0 aliphatic rings. The monoisotopic (exact) mass is 328 g/mol. The van der Waals surface area contributed by atoms with E-state index in [4.69, 9.17) is 0 Å². The van der Waals surface area contributed by atoms with Gasteiger partial charge in [-0.05, 0) is 31.9 Å². The summed E-state index contributed by atoms with van der Waals surface area (Å²) in [5, 5.41) is 13.5. The number of hydrogen-bond donors (Lipinski definition) is 1. The van der Waals surface area contributed by atoms with Crippen molar-refractivity contribution in [2.45, 2.75) is 31.5 Å². The minimum absolute atomic E-state index is 0.0321. The number of carbonyl (C=O) groups excluding carboxylic acids is 1. The molecule has 0 saturated heterocycles. The molecule has 1 aromatic carbocycles. The molecule has 0 aliphatic heterocycles. The topological polar surface area (TPSA) is 72.2 Å². The van der Waals surface area contributed by atoms with Crippen LogP contribution in [0.3, 0.4) is 0 Å². The van der Waals surface area contributed by atoms with E-state index in [1.165, 1.54) is 12.1 Å². The summed E-state index contributed by atoms with van der Waals surface area (Å²) in [5.74, 6) is -0.194. The number of nitro groups is 1. The number of amides is 1. The Balaban J connectivity index is 2.58. The first kappa shape index (κ1) is 15.6. The molecule has 6 heteroatoms. The largest absolute Gasteiger partial charge is 0.352 e. The third kappa shape index (κ3) is 4.98. The van der Waals surface area contributed by atoms with Crippen LogP contribution < -0.4 is 5.32 Å². The molecule has 0 fully saturated rings. The van der Waals surface area contributed by atoms with Crippen molar-refractivity contribution >= 4 is 27.5 Å². The molecular weight excluding hydrogens is 312 g/mol. The Morgan fingerprint density at radius 1 is 1.53 bits per heavy atom. The van der Waals surface area contributed by atoms with Gasteiger partial charge in [0.2, 0.25) is 0 Å². The molecule has 19 heavy (non-hydrogen) atoms. The molecular formula is C13H17BrN2O3. The van der Waals surface area contributed by atoms with Crippen molar-refractivity contribution < 1.29 is 9.72 Å². The van der Waals surface area contributed by atoms with E-state index in [0.29, 0.717) is 22.5 Å². The van der Waals surface area contributed by atoms with Crippen molar-refractivity contribution in [3.8, 4) is 0 Å². The maximum atomic E-state index is 11.8. The standard InChI is InChI=1S/C13H17BrN2O3/c1-9-8-11(5-6-12(9)16(18)19)13(17)15-7-3-4-10(2)14/h5-6,8,10H,3-4,7H2,1-2H3,(H,15,17). The lowest BCUT2D eigenvalue weighted by Gasteiger charge is -2.07. The number of nitrogens with one attached hydrogen (secondary N) is 1. The Kier molecular flexibility index (Phi) is 5.95. The lowest BCUT2D eigenvalue weighted by molar-refractivity contribution is -0.385. The van der Waals surface area contributed by atoms with E-state index in [9.17, 15) is 14.9 Å². The first-order chi connectivity index (χ1) is 8.91. The molecule has 0 aromatic heterocycles. The number of rotatable bonds is 6. The highest BCUT2D eigenvalue weighted by atomic mass is 79.9. The van der Waals surface area contributed by atoms with E-state index in [-0.39, 0.29) is 11.6 Å². The predicted molar refractivity (Wildman–Crippen MR) is 77.8 cm³/mol. The van der Waals surface area contributed by atoms with Gasteiger partial charge in [-0.25, -0.2) is 0 Å². The van der Waals surface area contributed by atoms with Gasteiger partial charge in [0, 0.05) is 28.6 Å². The molecule has 5 nitrogen and oxygen atoms in total. The number of nitrogens with zero attached hydrogens (tertiary/aromatic N) is 1. The van der Waals surface area contributed by atoms with Gasteiger partial charge in [-0.15, -0.1) is 0 Å². The molecule has 1 unspecified atom stereocenters. The van der Waals surface area contributed by atoms with Crippen LogP contribution in [0.15, 0.2) is 18.2 Å². The molecule has 0 bridgehead atoms. The number of nitro benzene ring substituents is 1. The van der Waals surface area contributed by atoms with E-state index in [0.717, 1.165) is 12.8 Å². The number of hydrogen-bond acceptors (Lipinski definition) is 3. The second-order valence-corrected chi connectivity index (χ2v) is 6.00. The molecule has 0 heterocycles. The fourth-order valence-corrected chi connectivity index (χ4v) is 2.01. The minimum atomic E-state index is -0.450. The summed E-state index contributed by atoms with van der Waals surface area (Å²) in [6.07, 6.45) is 1.88. The van der Waals surface area contributed by atoms with Gasteiger partial charge in [0.1, 0.15) is 0 Å². The van der Waals surface area contributed by atoms with E-state index < -0.39 is 4.92 Å². The minimum Gasteiger partial charge on any atom is -0.352 e. The summed E-state index contributed by atoms with van der Waals surface area (Å²) in [5.41, 5.74) is 0.978. The highest BCUT2D eigenvalue weighted by molar-refractivity contribution is 9.09. The van der Waals surface area contributed by atoms with Gasteiger partial charge in [0.25, 0.3) is 11.6 Å². The lowest BCUT2D eigenvalue weighted by atomic mass is 10.1. The van der Waals surface area contributed by atoms with Crippen molar-refractivity contribution in [3.05, 3.63) is 39.4 Å². The Morgan fingerprint density at radius 2 is 2.21 bits per heavy atom. The van der Waals surface area contributed by atoms with Crippen LogP contribution in [0.25, 0.3) is 0 Å². The van der Waals surface area contributed by atoms with E-state index in [1.54, 1.807) is 13.0 Å². The van der Waals surface area contributed by atoms with Gasteiger partial charge < -0.3 is 5.32 Å². The zero-order valence-corrected chi connectivity index (χ0v) is 12.6. The van der Waals surface area contributed by atoms with Gasteiger partial charge in [-0.2, -0.15) is 0 Å². The Bertz CT molecular complexity index is 475. The number of aryl methyl sites for hydroxylation is 1. The fourth-order valence-electron chi connectivity index (χ4n) is 1.69. The Hall–Kier alpha value is -1.43. The van der Waals surface area contributed by atoms with Crippen molar-refractivity contribution in [3.63, 3.8) is 0 Å². The fraction of sp³-hybridized carbons (Fsp3) is 0.462. The van der Waals surface area contributed by atoms with Crippen molar-refractivity contribution in [1.82, 2.24) is 5.32 Å². The van der Waals surface area contributed by atoms with E-state index in [1.807, 2.05) is 0 Å². The average molecular weight is 329 g/mol. The van der Waals surface area contributed by atoms with Gasteiger partial charge >= 0.3 is 0 Å². The van der Waals surface area contributed by atoms with Gasteiger partial charge in [-0.3, -0.25) is 14.9 Å². The van der Waals surface area contributed by atoms with E-state index >= 15 is 0 Å². The number of alkyl halides is 1. The normalized spacial score (nSPS) is 11.9. The first-order valence-electron chi connectivity index (χ1n) is 6.09. The quantitative estimate of drug-likeness (QED) is 0.377. The number of halogens is 1. The zero-order chi connectivity index (χ0) is 14.4. The number of benzene rings is 1. The molecule has 0 spiro atoms. The van der Waals surface area contributed by atoms with Crippen molar-refractivity contribution in [1.29, 1.82) is 0 Å². The van der Waals surface area contributed by atoms with Crippen LogP contribution in [0.2, 0.25) is 0 Å². The lowest BCUT2D eigenvalue weighted by Crippen LogP contribution is -2.24. The SMILES string of the molecule is Cc1cc(C(=O)NCCCC(C)Br)ccc1[N+](=O)[O-]. The summed E-state index contributed by atoms with van der Waals surface area (Å²) in [7, 11) is 0. The molecule has 1 amide bonds. The maximum absolute atomic E-state index is 11.8. The van der Waals surface area contributed by atoms with E-state index in [2.05, 4.69) is 28.2 Å². The van der Waals surface area contributed by atoms with Crippen LogP contribution in [0.5, 0.6) is 0 Å². The van der Waals surface area contributed by atoms with Gasteiger partial charge in [-0.1, -0.05) is 22.9 Å². The molecule has 104 valence electrons. The highest BCUT2D eigenvalue weighted by Gasteiger charge is 2.13. The second kappa shape index (κ2) is 7.23. The van der Waals surface area contributed by atoms with Crippen molar-refractivity contribution in [2.75, 3.05) is 6.54 Å². The zero-order valence-electron chi connectivity index (χ0n) is 11.0. The molecule has 1 N–H and O–H groups in total. The molecule has 0 saturated carbocycles. The molecule has 1 rings (SSSR count). The number of carbonyl (C=O) groups is 1. The highest BCUT2D eigenvalue weighted by Crippen LogP contribution is 2.18. The van der Waals surface area contributed by atoms with Crippen LogP contribution in [-0.2, 0) is 0 Å². The van der Waals surface area contributed by atoms with Gasteiger partial charge in [0.05, 0.1) is 4.92 Å². The summed E-state index contributed by atoms with van der Waals surface area (Å²) in [6.45, 7) is 4.29. The molecule has 1 aromatic rings. The molecule has 0 radical (unpaired) electrons. The van der Waals surface area contributed by atoms with Crippen LogP contribution in [-0.4, -0.2) is 22.2 Å². The summed E-state index contributed by atoms with van der Waals surface area (Å²) in [6, 6.07) is 4.39. The second-order valence-electron chi connectivity index (χ2n) is 4.44. The third-order valence-electron chi connectivity index (χ3n) is 2.72. The summed E-state index contributed by atoms with van der Waals surface area (Å²) < 4.78 is 0. The third-order valence-corrected chi connectivity index (χ3v) is 3.18. The smallest absolute Gasteiger partial charge is 0.272 e. The summed E-state index contributed by atoms with van der Waals surface area (Å²) in [4.78, 5) is 22.5. The maximum Gasteiger partial charge on any atom is 0.272 e.